The van der Waals surface area contributed by atoms with E-state index in [1.54, 1.807) is 23.0 Å². The van der Waals surface area contributed by atoms with Crippen molar-refractivity contribution in [3.63, 3.8) is 0 Å². The average Bonchev–Trinajstić information content (AvgIpc) is 3.25. The molecule has 0 saturated heterocycles. The van der Waals surface area contributed by atoms with Gasteiger partial charge in [-0.15, -0.1) is 0 Å². The smallest absolute Gasteiger partial charge is 0.264 e. The van der Waals surface area contributed by atoms with Gasteiger partial charge in [-0.05, 0) is 37.1 Å². The zero-order valence-corrected chi connectivity index (χ0v) is 13.6. The molecule has 3 aromatic rings. The van der Waals surface area contributed by atoms with Gasteiger partial charge in [0.15, 0.2) is 5.65 Å². The van der Waals surface area contributed by atoms with Gasteiger partial charge in [0.2, 0.25) is 0 Å². The van der Waals surface area contributed by atoms with Crippen molar-refractivity contribution in [1.29, 1.82) is 0 Å². The van der Waals surface area contributed by atoms with Crippen LogP contribution < -0.4 is 5.56 Å². The number of rotatable bonds is 3. The highest BCUT2D eigenvalue weighted by Gasteiger charge is 2.23. The molecule has 1 aliphatic rings. The number of halogens is 1. The number of aryl methyl sites for hydroxylation is 1. The third-order valence-corrected chi connectivity index (χ3v) is 4.78. The molecule has 4 rings (SSSR count). The monoisotopic (exact) mass is 326 g/mol. The molecule has 0 radical (unpaired) electrons. The van der Waals surface area contributed by atoms with Gasteiger partial charge in [0.05, 0.1) is 11.9 Å². The van der Waals surface area contributed by atoms with E-state index in [2.05, 4.69) is 5.10 Å². The Hall–Kier alpha value is -2.50. The predicted molar refractivity (Wildman–Crippen MR) is 90.0 cm³/mol. The molecule has 0 aliphatic heterocycles. The highest BCUT2D eigenvalue weighted by Crippen LogP contribution is 2.29. The molecule has 1 saturated carbocycles. The molecule has 0 unspecified atom stereocenters. The SMILES string of the molecule is CCc1nc2c(cnn2-c2ccc(F)cc2)c(=O)n1C1CCCC1. The van der Waals surface area contributed by atoms with Gasteiger partial charge in [-0.2, -0.15) is 5.10 Å². The van der Waals surface area contributed by atoms with Gasteiger partial charge in [0.25, 0.3) is 5.56 Å². The predicted octanol–water partition coefficient (Wildman–Crippen LogP) is 3.40. The van der Waals surface area contributed by atoms with Crippen LogP contribution in [0.2, 0.25) is 0 Å². The summed E-state index contributed by atoms with van der Waals surface area (Å²) in [6, 6.07) is 6.28. The lowest BCUT2D eigenvalue weighted by Crippen LogP contribution is -2.28. The second kappa shape index (κ2) is 5.85. The Labute approximate surface area is 138 Å². The summed E-state index contributed by atoms with van der Waals surface area (Å²) in [4.78, 5) is 17.7. The molecule has 1 fully saturated rings. The van der Waals surface area contributed by atoms with Crippen molar-refractivity contribution in [2.24, 2.45) is 0 Å². The number of hydrogen-bond donors (Lipinski definition) is 0. The van der Waals surface area contributed by atoms with E-state index in [4.69, 9.17) is 4.98 Å². The number of benzene rings is 1. The standard InChI is InChI=1S/C18H19FN4O/c1-2-16-21-17-15(18(24)22(16)13-5-3-4-6-13)11-20-23(17)14-9-7-12(19)8-10-14/h7-11,13H,2-6H2,1H3. The molecule has 0 bridgehead atoms. The first-order chi connectivity index (χ1) is 11.7. The van der Waals surface area contributed by atoms with Crippen LogP contribution in [0.4, 0.5) is 4.39 Å². The summed E-state index contributed by atoms with van der Waals surface area (Å²) in [7, 11) is 0. The molecule has 2 heterocycles. The van der Waals surface area contributed by atoms with E-state index in [0.717, 1.165) is 31.5 Å². The second-order valence-electron chi connectivity index (χ2n) is 6.27. The van der Waals surface area contributed by atoms with E-state index in [9.17, 15) is 9.18 Å². The molecule has 1 aliphatic carbocycles. The second-order valence-corrected chi connectivity index (χ2v) is 6.27. The fourth-order valence-electron chi connectivity index (χ4n) is 3.58. The molecule has 24 heavy (non-hydrogen) atoms. The molecule has 124 valence electrons. The largest absolute Gasteiger partial charge is 0.293 e. The van der Waals surface area contributed by atoms with Gasteiger partial charge in [0.1, 0.15) is 17.0 Å². The summed E-state index contributed by atoms with van der Waals surface area (Å²) < 4.78 is 16.6. The summed E-state index contributed by atoms with van der Waals surface area (Å²) in [5, 5.41) is 4.83. The van der Waals surface area contributed by atoms with Gasteiger partial charge < -0.3 is 0 Å². The number of nitrogens with zero attached hydrogens (tertiary/aromatic N) is 4. The van der Waals surface area contributed by atoms with Crippen molar-refractivity contribution in [3.05, 3.63) is 52.5 Å². The normalized spacial score (nSPS) is 15.4. The van der Waals surface area contributed by atoms with E-state index in [1.165, 1.54) is 12.1 Å². The fourth-order valence-corrected chi connectivity index (χ4v) is 3.58. The van der Waals surface area contributed by atoms with Gasteiger partial charge >= 0.3 is 0 Å². The van der Waals surface area contributed by atoms with E-state index in [0.29, 0.717) is 23.1 Å². The zero-order chi connectivity index (χ0) is 16.7. The Morgan fingerprint density at radius 1 is 1.21 bits per heavy atom. The van der Waals surface area contributed by atoms with Gasteiger partial charge in [-0.25, -0.2) is 14.1 Å². The number of fused-ring (bicyclic) bond motifs is 1. The molecule has 5 nitrogen and oxygen atoms in total. The van der Waals surface area contributed by atoms with Crippen LogP contribution in [0.1, 0.15) is 44.5 Å². The summed E-state index contributed by atoms with van der Waals surface area (Å²) in [5.41, 5.74) is 1.22. The molecular weight excluding hydrogens is 307 g/mol. The first-order valence-corrected chi connectivity index (χ1v) is 8.44. The Bertz CT molecular complexity index is 936. The maximum absolute atomic E-state index is 13.2. The maximum atomic E-state index is 13.2. The van der Waals surface area contributed by atoms with Gasteiger partial charge in [-0.1, -0.05) is 19.8 Å². The minimum absolute atomic E-state index is 0.0166. The van der Waals surface area contributed by atoms with Crippen LogP contribution in [0.5, 0.6) is 0 Å². The summed E-state index contributed by atoms with van der Waals surface area (Å²) in [6.45, 7) is 2.01. The lowest BCUT2D eigenvalue weighted by Gasteiger charge is -2.17. The minimum atomic E-state index is -0.305. The Kier molecular flexibility index (Phi) is 3.67. The fraction of sp³-hybridized carbons (Fsp3) is 0.389. The molecule has 2 aromatic heterocycles. The van der Waals surface area contributed by atoms with E-state index >= 15 is 0 Å². The van der Waals surface area contributed by atoms with E-state index in [-0.39, 0.29) is 17.4 Å². The molecule has 0 N–H and O–H groups in total. The quantitative estimate of drug-likeness (QED) is 0.741. The van der Waals surface area contributed by atoms with E-state index in [1.807, 2.05) is 11.5 Å². The van der Waals surface area contributed by atoms with Crippen molar-refractivity contribution >= 4 is 11.0 Å². The Morgan fingerprint density at radius 3 is 2.58 bits per heavy atom. The number of aromatic nitrogens is 4. The highest BCUT2D eigenvalue weighted by molar-refractivity contribution is 5.75. The maximum Gasteiger partial charge on any atom is 0.264 e. The average molecular weight is 326 g/mol. The van der Waals surface area contributed by atoms with Crippen LogP contribution >= 0.6 is 0 Å². The summed E-state index contributed by atoms with van der Waals surface area (Å²) in [6.07, 6.45) is 6.65. The molecule has 0 spiro atoms. The van der Waals surface area contributed by atoms with Gasteiger partial charge in [0, 0.05) is 12.5 Å². The molecule has 6 heteroatoms. The van der Waals surface area contributed by atoms with Crippen molar-refractivity contribution in [2.45, 2.75) is 45.1 Å². The zero-order valence-electron chi connectivity index (χ0n) is 13.6. The topological polar surface area (TPSA) is 52.7 Å². The number of hydrogen-bond acceptors (Lipinski definition) is 3. The molecule has 0 amide bonds. The van der Waals surface area contributed by atoms with E-state index < -0.39 is 0 Å². The van der Waals surface area contributed by atoms with Crippen LogP contribution in [-0.2, 0) is 6.42 Å². The van der Waals surface area contributed by atoms with Crippen molar-refractivity contribution < 1.29 is 4.39 Å². The molecule has 1 aromatic carbocycles. The van der Waals surface area contributed by atoms with Crippen molar-refractivity contribution in [2.75, 3.05) is 0 Å². The van der Waals surface area contributed by atoms with Crippen LogP contribution in [0.15, 0.2) is 35.3 Å². The van der Waals surface area contributed by atoms with Crippen molar-refractivity contribution in [3.8, 4) is 5.69 Å². The van der Waals surface area contributed by atoms with Crippen LogP contribution in [0.25, 0.3) is 16.7 Å². The highest BCUT2D eigenvalue weighted by atomic mass is 19.1. The molecular formula is C18H19FN4O. The molecule has 0 atom stereocenters. The van der Waals surface area contributed by atoms with Crippen LogP contribution in [0, 0.1) is 5.82 Å². The summed E-state index contributed by atoms with van der Waals surface area (Å²) >= 11 is 0. The lowest BCUT2D eigenvalue weighted by atomic mass is 10.2. The third-order valence-electron chi connectivity index (χ3n) is 4.78. The van der Waals surface area contributed by atoms with Crippen LogP contribution in [0.3, 0.4) is 0 Å². The first-order valence-electron chi connectivity index (χ1n) is 8.44. The lowest BCUT2D eigenvalue weighted by molar-refractivity contribution is 0.478. The Balaban J connectivity index is 1.92. The Morgan fingerprint density at radius 2 is 1.92 bits per heavy atom. The van der Waals surface area contributed by atoms with Crippen molar-refractivity contribution in [1.82, 2.24) is 19.3 Å². The first kappa shape index (κ1) is 15.1. The summed E-state index contributed by atoms with van der Waals surface area (Å²) in [5.74, 6) is 0.490. The van der Waals surface area contributed by atoms with Gasteiger partial charge in [-0.3, -0.25) is 9.36 Å². The van der Waals surface area contributed by atoms with Crippen LogP contribution in [-0.4, -0.2) is 19.3 Å². The third kappa shape index (κ3) is 2.33. The minimum Gasteiger partial charge on any atom is -0.293 e.